The lowest BCUT2D eigenvalue weighted by Gasteiger charge is -2.31. The topological polar surface area (TPSA) is 89.4 Å². The maximum absolute atomic E-state index is 12.9. The van der Waals surface area contributed by atoms with Crippen molar-refractivity contribution in [3.8, 4) is 0 Å². The van der Waals surface area contributed by atoms with Gasteiger partial charge in [-0.2, -0.15) is 9.61 Å². The zero-order chi connectivity index (χ0) is 21.6. The second-order valence-electron chi connectivity index (χ2n) is 9.25. The van der Waals surface area contributed by atoms with E-state index >= 15 is 0 Å². The van der Waals surface area contributed by atoms with Crippen LogP contribution in [0.5, 0.6) is 0 Å². The smallest absolute Gasteiger partial charge is 0.228 e. The highest BCUT2D eigenvalue weighted by Gasteiger charge is 2.28. The van der Waals surface area contributed by atoms with Crippen LogP contribution in [0.4, 0.5) is 0 Å². The van der Waals surface area contributed by atoms with Crippen molar-refractivity contribution in [2.45, 2.75) is 51.4 Å². The van der Waals surface area contributed by atoms with Gasteiger partial charge in [0.15, 0.2) is 17.1 Å². The molecule has 0 N–H and O–H groups in total. The lowest BCUT2D eigenvalue weighted by atomic mass is 9.92. The fourth-order valence-corrected chi connectivity index (χ4v) is 4.17. The van der Waals surface area contributed by atoms with Crippen LogP contribution in [0.3, 0.4) is 0 Å². The van der Waals surface area contributed by atoms with Gasteiger partial charge in [-0.05, 0) is 37.1 Å². The monoisotopic (exact) mass is 418 g/mol. The second-order valence-corrected chi connectivity index (χ2v) is 9.25. The molecular weight excluding hydrogens is 392 g/mol. The van der Waals surface area contributed by atoms with Gasteiger partial charge in [0.2, 0.25) is 5.91 Å². The summed E-state index contributed by atoms with van der Waals surface area (Å²) in [5, 5.41) is 18.5. The summed E-state index contributed by atoms with van der Waals surface area (Å²) in [5.41, 5.74) is 3.14. The van der Waals surface area contributed by atoms with E-state index in [0.29, 0.717) is 24.4 Å². The van der Waals surface area contributed by atoms with Crippen LogP contribution in [0.2, 0.25) is 0 Å². The van der Waals surface area contributed by atoms with Gasteiger partial charge in [0.25, 0.3) is 0 Å². The molecule has 1 aliphatic heterocycles. The van der Waals surface area contributed by atoms with E-state index in [1.165, 1.54) is 0 Å². The highest BCUT2D eigenvalue weighted by Crippen LogP contribution is 2.28. The van der Waals surface area contributed by atoms with Crippen LogP contribution in [0, 0.1) is 0 Å². The van der Waals surface area contributed by atoms with Crippen LogP contribution in [-0.2, 0) is 16.6 Å². The summed E-state index contributed by atoms with van der Waals surface area (Å²) < 4.78 is 7.21. The van der Waals surface area contributed by atoms with Gasteiger partial charge in [-0.25, -0.2) is 0 Å². The number of hydrogen-bond acceptors (Lipinski definition) is 6. The van der Waals surface area contributed by atoms with E-state index in [1.54, 1.807) is 0 Å². The SMILES string of the molecule is CC(C)(C)c1ccc2nnc(C3CCN(C(=O)Cc4noc5ccccc45)CC3)n2n1. The molecule has 1 amide bonds. The zero-order valence-corrected chi connectivity index (χ0v) is 18.1. The molecule has 8 nitrogen and oxygen atoms in total. The van der Waals surface area contributed by atoms with E-state index in [9.17, 15) is 4.79 Å². The summed E-state index contributed by atoms with van der Waals surface area (Å²) in [6.45, 7) is 7.81. The first-order valence-electron chi connectivity index (χ1n) is 10.7. The standard InChI is InChI=1S/C23H26N6O2/c1-23(2,3)19-8-9-20-24-25-22(29(20)26-19)15-10-12-28(13-11-15)21(30)14-17-16-6-4-5-7-18(16)31-27-17/h4-9,15H,10-14H2,1-3H3. The number of carbonyl (C=O) groups excluding carboxylic acids is 1. The van der Waals surface area contributed by atoms with Gasteiger partial charge in [-0.15, -0.1) is 10.2 Å². The summed E-state index contributed by atoms with van der Waals surface area (Å²) in [5.74, 6) is 1.20. The van der Waals surface area contributed by atoms with Crippen molar-refractivity contribution >= 4 is 22.5 Å². The molecule has 4 aromatic rings. The van der Waals surface area contributed by atoms with Crippen molar-refractivity contribution in [1.29, 1.82) is 0 Å². The van der Waals surface area contributed by atoms with Crippen molar-refractivity contribution in [2.75, 3.05) is 13.1 Å². The quantitative estimate of drug-likeness (QED) is 0.506. The number of carbonyl (C=O) groups is 1. The molecule has 4 heterocycles. The predicted octanol–water partition coefficient (Wildman–Crippen LogP) is 3.51. The summed E-state index contributed by atoms with van der Waals surface area (Å²) >= 11 is 0. The van der Waals surface area contributed by atoms with Crippen molar-refractivity contribution < 1.29 is 9.32 Å². The number of fused-ring (bicyclic) bond motifs is 2. The number of benzene rings is 1. The molecule has 1 aromatic carbocycles. The Hall–Kier alpha value is -3.29. The average Bonchev–Trinajstić information content (AvgIpc) is 3.37. The minimum atomic E-state index is -0.0448. The maximum Gasteiger partial charge on any atom is 0.228 e. The third-order valence-electron chi connectivity index (χ3n) is 6.04. The molecule has 31 heavy (non-hydrogen) atoms. The number of rotatable bonds is 3. The third kappa shape index (κ3) is 3.66. The van der Waals surface area contributed by atoms with E-state index in [2.05, 4.69) is 36.1 Å². The van der Waals surface area contributed by atoms with E-state index < -0.39 is 0 Å². The largest absolute Gasteiger partial charge is 0.356 e. The van der Waals surface area contributed by atoms with Gasteiger partial charge in [-0.3, -0.25) is 4.79 Å². The summed E-state index contributed by atoms with van der Waals surface area (Å²) in [6, 6.07) is 11.6. The van der Waals surface area contributed by atoms with Gasteiger partial charge >= 0.3 is 0 Å². The van der Waals surface area contributed by atoms with Crippen LogP contribution in [0.15, 0.2) is 40.9 Å². The summed E-state index contributed by atoms with van der Waals surface area (Å²) in [4.78, 5) is 14.8. The molecule has 8 heteroatoms. The van der Waals surface area contributed by atoms with E-state index in [-0.39, 0.29) is 23.7 Å². The highest BCUT2D eigenvalue weighted by molar-refractivity contribution is 5.86. The zero-order valence-electron chi connectivity index (χ0n) is 18.1. The summed E-state index contributed by atoms with van der Waals surface area (Å²) in [7, 11) is 0. The molecule has 3 aromatic heterocycles. The Balaban J connectivity index is 1.28. The lowest BCUT2D eigenvalue weighted by molar-refractivity contribution is -0.131. The van der Waals surface area contributed by atoms with E-state index in [1.807, 2.05) is 45.8 Å². The van der Waals surface area contributed by atoms with Crippen molar-refractivity contribution in [1.82, 2.24) is 29.9 Å². The maximum atomic E-state index is 12.9. The molecule has 0 spiro atoms. The minimum absolute atomic E-state index is 0.0448. The van der Waals surface area contributed by atoms with E-state index in [4.69, 9.17) is 9.62 Å². The molecular formula is C23H26N6O2. The Morgan fingerprint density at radius 1 is 1.10 bits per heavy atom. The van der Waals surface area contributed by atoms with Crippen molar-refractivity contribution in [3.63, 3.8) is 0 Å². The Morgan fingerprint density at radius 3 is 2.65 bits per heavy atom. The van der Waals surface area contributed by atoms with Gasteiger partial charge in [0.05, 0.1) is 12.1 Å². The van der Waals surface area contributed by atoms with Gasteiger partial charge in [-0.1, -0.05) is 38.1 Å². The van der Waals surface area contributed by atoms with Crippen LogP contribution in [-0.4, -0.2) is 48.9 Å². The number of aromatic nitrogens is 5. The molecule has 160 valence electrons. The minimum Gasteiger partial charge on any atom is -0.356 e. The molecule has 1 aliphatic rings. The first-order valence-corrected chi connectivity index (χ1v) is 10.7. The van der Waals surface area contributed by atoms with E-state index in [0.717, 1.165) is 35.4 Å². The normalized spacial score (nSPS) is 15.8. The van der Waals surface area contributed by atoms with Crippen LogP contribution in [0.1, 0.15) is 56.7 Å². The molecule has 0 bridgehead atoms. The number of amides is 1. The molecule has 5 rings (SSSR count). The van der Waals surface area contributed by atoms with Crippen LogP contribution < -0.4 is 0 Å². The first kappa shape index (κ1) is 19.7. The van der Waals surface area contributed by atoms with Gasteiger partial charge < -0.3 is 9.42 Å². The second kappa shape index (κ2) is 7.44. The Labute approximate surface area is 180 Å². The third-order valence-corrected chi connectivity index (χ3v) is 6.04. The van der Waals surface area contributed by atoms with Crippen molar-refractivity contribution in [3.05, 3.63) is 53.6 Å². The molecule has 1 saturated heterocycles. The molecule has 1 fully saturated rings. The predicted molar refractivity (Wildman–Crippen MR) is 116 cm³/mol. The molecule has 0 radical (unpaired) electrons. The molecule has 0 aliphatic carbocycles. The summed E-state index contributed by atoms with van der Waals surface area (Å²) in [6.07, 6.45) is 1.94. The van der Waals surface area contributed by atoms with Gasteiger partial charge in [0.1, 0.15) is 5.69 Å². The Morgan fingerprint density at radius 2 is 1.87 bits per heavy atom. The number of piperidine rings is 1. The number of para-hydroxylation sites is 1. The highest BCUT2D eigenvalue weighted by atomic mass is 16.5. The molecule has 0 atom stereocenters. The average molecular weight is 419 g/mol. The lowest BCUT2D eigenvalue weighted by Crippen LogP contribution is -2.39. The van der Waals surface area contributed by atoms with Crippen LogP contribution >= 0.6 is 0 Å². The van der Waals surface area contributed by atoms with Crippen molar-refractivity contribution in [2.24, 2.45) is 0 Å². The Bertz CT molecular complexity index is 1240. The molecule has 0 saturated carbocycles. The van der Waals surface area contributed by atoms with Gasteiger partial charge in [0, 0.05) is 29.8 Å². The molecule has 0 unspecified atom stereocenters. The van der Waals surface area contributed by atoms with Crippen LogP contribution in [0.25, 0.3) is 16.6 Å². The fraction of sp³-hybridized carbons (Fsp3) is 0.435. The first-order chi connectivity index (χ1) is 14.9. The number of nitrogens with zero attached hydrogens (tertiary/aromatic N) is 6. The fourth-order valence-electron chi connectivity index (χ4n) is 4.17. The number of likely N-dealkylation sites (tertiary alicyclic amines) is 1. The number of hydrogen-bond donors (Lipinski definition) is 0. The Kier molecular flexibility index (Phi) is 4.72.